The summed E-state index contributed by atoms with van der Waals surface area (Å²) in [4.78, 5) is 20.4. The number of sulfone groups is 1. The molecule has 190 valence electrons. The number of aromatic nitrogens is 2. The minimum Gasteiger partial charge on any atom is -0.477 e. The second-order valence-corrected chi connectivity index (χ2v) is 10.9. The number of anilines is 1. The van der Waals surface area contributed by atoms with Crippen LogP contribution in [0.1, 0.15) is 19.3 Å². The van der Waals surface area contributed by atoms with Crippen LogP contribution in [0.4, 0.5) is 14.7 Å². The maximum atomic E-state index is 14.4. The molecule has 2 fully saturated rings. The van der Waals surface area contributed by atoms with Crippen molar-refractivity contribution in [3.63, 3.8) is 0 Å². The van der Waals surface area contributed by atoms with Crippen molar-refractivity contribution in [3.05, 3.63) is 54.1 Å². The zero-order chi connectivity index (χ0) is 25.4. The summed E-state index contributed by atoms with van der Waals surface area (Å²) in [6.07, 6.45) is 1.50. The Hall–Kier alpha value is -3.54. The smallest absolute Gasteiger partial charge is 0.266 e. The zero-order valence-electron chi connectivity index (χ0n) is 19.4. The van der Waals surface area contributed by atoms with E-state index in [4.69, 9.17) is 9.26 Å². The van der Waals surface area contributed by atoms with E-state index in [0.29, 0.717) is 62.9 Å². The van der Waals surface area contributed by atoms with Crippen molar-refractivity contribution in [1.82, 2.24) is 15.0 Å². The molecule has 2 aliphatic heterocycles. The van der Waals surface area contributed by atoms with E-state index in [0.717, 1.165) is 11.8 Å². The summed E-state index contributed by atoms with van der Waals surface area (Å²) in [6.45, 7) is 1.68. The molecule has 12 heteroatoms. The number of benzene rings is 2. The van der Waals surface area contributed by atoms with Crippen molar-refractivity contribution in [3.8, 4) is 17.2 Å². The molecular formula is C24H24F2N4O5S. The SMILES string of the molecule is CS(=O)(=O)c1cc(F)c(OC2CCN(C3CCN(c4noc(-c5ccccc5)n4)CC3)C2=O)cc1F. The van der Waals surface area contributed by atoms with Gasteiger partial charge >= 0.3 is 0 Å². The van der Waals surface area contributed by atoms with Gasteiger partial charge in [0.2, 0.25) is 0 Å². The molecule has 0 aliphatic carbocycles. The molecule has 3 aromatic rings. The topological polar surface area (TPSA) is 106 Å². The second-order valence-electron chi connectivity index (χ2n) is 8.90. The lowest BCUT2D eigenvalue weighted by Gasteiger charge is -2.36. The average molecular weight is 519 g/mol. The maximum absolute atomic E-state index is 14.4. The van der Waals surface area contributed by atoms with Gasteiger partial charge in [-0.25, -0.2) is 17.2 Å². The third-order valence-corrected chi connectivity index (χ3v) is 7.58. The number of hydrogen-bond acceptors (Lipinski definition) is 8. The summed E-state index contributed by atoms with van der Waals surface area (Å²) >= 11 is 0. The van der Waals surface area contributed by atoms with E-state index in [1.807, 2.05) is 35.2 Å². The predicted octanol–water partition coefficient (Wildman–Crippen LogP) is 3.07. The number of hydrogen-bond donors (Lipinski definition) is 0. The van der Waals surface area contributed by atoms with Gasteiger partial charge in [0.25, 0.3) is 17.7 Å². The summed E-state index contributed by atoms with van der Waals surface area (Å²) < 4.78 is 62.6. The predicted molar refractivity (Wildman–Crippen MR) is 125 cm³/mol. The van der Waals surface area contributed by atoms with Gasteiger partial charge in [-0.3, -0.25) is 4.79 Å². The molecule has 0 N–H and O–H groups in total. The monoisotopic (exact) mass is 518 g/mol. The maximum Gasteiger partial charge on any atom is 0.266 e. The Morgan fingerprint density at radius 1 is 1.03 bits per heavy atom. The molecule has 0 spiro atoms. The number of halogens is 2. The molecule has 0 bridgehead atoms. The minimum atomic E-state index is -3.94. The third-order valence-electron chi connectivity index (χ3n) is 6.47. The minimum absolute atomic E-state index is 0.0305. The van der Waals surface area contributed by atoms with Gasteiger partial charge in [-0.05, 0) is 36.2 Å². The quantitative estimate of drug-likeness (QED) is 0.490. The van der Waals surface area contributed by atoms with Crippen LogP contribution in [0.15, 0.2) is 51.9 Å². The lowest BCUT2D eigenvalue weighted by Crippen LogP contribution is -2.47. The Labute approximate surface area is 206 Å². The number of carbonyl (C=O) groups excluding carboxylic acids is 1. The molecule has 3 heterocycles. The molecule has 0 saturated carbocycles. The number of carbonyl (C=O) groups is 1. The Morgan fingerprint density at radius 3 is 2.44 bits per heavy atom. The number of likely N-dealkylation sites (tertiary alicyclic amines) is 1. The fourth-order valence-electron chi connectivity index (χ4n) is 4.60. The lowest BCUT2D eigenvalue weighted by molar-refractivity contribution is -0.135. The van der Waals surface area contributed by atoms with E-state index in [2.05, 4.69) is 10.1 Å². The Bertz CT molecular complexity index is 1370. The largest absolute Gasteiger partial charge is 0.477 e. The van der Waals surface area contributed by atoms with Crippen LogP contribution in [0.25, 0.3) is 11.5 Å². The summed E-state index contributed by atoms with van der Waals surface area (Å²) in [7, 11) is -3.94. The van der Waals surface area contributed by atoms with Gasteiger partial charge in [0, 0.05) is 50.0 Å². The van der Waals surface area contributed by atoms with Gasteiger partial charge in [0.05, 0.1) is 0 Å². The normalized spacial score (nSPS) is 19.2. The van der Waals surface area contributed by atoms with Gasteiger partial charge < -0.3 is 19.1 Å². The first-order valence-corrected chi connectivity index (χ1v) is 13.4. The molecule has 36 heavy (non-hydrogen) atoms. The van der Waals surface area contributed by atoms with E-state index >= 15 is 0 Å². The molecular weight excluding hydrogens is 494 g/mol. The van der Waals surface area contributed by atoms with Crippen LogP contribution in [-0.4, -0.2) is 67.4 Å². The number of ether oxygens (including phenoxy) is 1. The van der Waals surface area contributed by atoms with E-state index in [9.17, 15) is 22.0 Å². The number of rotatable bonds is 6. The van der Waals surface area contributed by atoms with Crippen LogP contribution in [0, 0.1) is 11.6 Å². The van der Waals surface area contributed by atoms with Gasteiger partial charge in [-0.2, -0.15) is 4.98 Å². The van der Waals surface area contributed by atoms with Gasteiger partial charge in [-0.1, -0.05) is 18.2 Å². The van der Waals surface area contributed by atoms with Crippen LogP contribution >= 0.6 is 0 Å². The zero-order valence-corrected chi connectivity index (χ0v) is 20.2. The third kappa shape index (κ3) is 4.77. The van der Waals surface area contributed by atoms with Crippen LogP contribution in [0.3, 0.4) is 0 Å². The van der Waals surface area contributed by atoms with Crippen molar-refractivity contribution in [2.45, 2.75) is 36.3 Å². The lowest BCUT2D eigenvalue weighted by atomic mass is 10.0. The summed E-state index contributed by atoms with van der Waals surface area (Å²) in [5.41, 5.74) is 0.835. The molecule has 1 aromatic heterocycles. The Morgan fingerprint density at radius 2 is 1.75 bits per heavy atom. The van der Waals surface area contributed by atoms with Crippen molar-refractivity contribution in [1.29, 1.82) is 0 Å². The highest BCUT2D eigenvalue weighted by Gasteiger charge is 2.39. The highest BCUT2D eigenvalue weighted by molar-refractivity contribution is 7.90. The summed E-state index contributed by atoms with van der Waals surface area (Å²) in [6, 6.07) is 10.7. The van der Waals surface area contributed by atoms with Gasteiger partial charge in [-0.15, -0.1) is 0 Å². The average Bonchev–Trinajstić information content (AvgIpc) is 3.49. The summed E-state index contributed by atoms with van der Waals surface area (Å²) in [5, 5.41) is 4.08. The van der Waals surface area contributed by atoms with Crippen LogP contribution < -0.4 is 9.64 Å². The first-order valence-electron chi connectivity index (χ1n) is 11.5. The summed E-state index contributed by atoms with van der Waals surface area (Å²) in [5.74, 6) is -2.01. The first kappa shape index (κ1) is 24.2. The van der Waals surface area contributed by atoms with E-state index in [-0.39, 0.29) is 11.9 Å². The molecule has 1 amide bonds. The number of amides is 1. The van der Waals surface area contributed by atoms with Crippen molar-refractivity contribution in [2.75, 3.05) is 30.8 Å². The van der Waals surface area contributed by atoms with Crippen molar-refractivity contribution < 1.29 is 31.3 Å². The number of piperidine rings is 1. The Balaban J connectivity index is 1.20. The molecule has 1 unspecified atom stereocenters. The Kier molecular flexibility index (Phi) is 6.37. The van der Waals surface area contributed by atoms with Gasteiger partial charge in [0.1, 0.15) is 10.7 Å². The van der Waals surface area contributed by atoms with Crippen LogP contribution in [0.5, 0.6) is 5.75 Å². The van der Waals surface area contributed by atoms with E-state index in [1.165, 1.54) is 0 Å². The molecule has 2 saturated heterocycles. The highest BCUT2D eigenvalue weighted by Crippen LogP contribution is 2.30. The number of nitrogens with zero attached hydrogens (tertiary/aromatic N) is 4. The van der Waals surface area contributed by atoms with E-state index < -0.39 is 38.2 Å². The fourth-order valence-corrected chi connectivity index (χ4v) is 5.34. The molecule has 2 aliphatic rings. The molecule has 5 rings (SSSR count). The van der Waals surface area contributed by atoms with Crippen LogP contribution in [0.2, 0.25) is 0 Å². The fraction of sp³-hybridized carbons (Fsp3) is 0.375. The van der Waals surface area contributed by atoms with Crippen molar-refractivity contribution in [2.24, 2.45) is 0 Å². The molecule has 1 atom stereocenters. The molecule has 0 radical (unpaired) electrons. The van der Waals surface area contributed by atoms with Crippen molar-refractivity contribution >= 4 is 21.7 Å². The highest BCUT2D eigenvalue weighted by atomic mass is 32.2. The van der Waals surface area contributed by atoms with Gasteiger partial charge in [0.15, 0.2) is 27.5 Å². The standard InChI is InChI=1S/C24H24F2N4O5S/c1-36(32,33)21-14-17(25)20(13-18(21)26)34-19-9-12-30(23(19)31)16-7-10-29(11-8-16)24-27-22(35-28-24)15-5-3-2-4-6-15/h2-6,13-14,16,19H,7-12H2,1H3. The second kappa shape index (κ2) is 9.49. The van der Waals surface area contributed by atoms with Crippen LogP contribution in [-0.2, 0) is 14.6 Å². The molecule has 2 aromatic carbocycles. The van der Waals surface area contributed by atoms with E-state index in [1.54, 1.807) is 4.90 Å². The first-order chi connectivity index (χ1) is 17.2. The molecule has 9 nitrogen and oxygen atoms in total.